The highest BCUT2D eigenvalue weighted by Gasteiger charge is 2.01. The summed E-state index contributed by atoms with van der Waals surface area (Å²) in [6.07, 6.45) is 1.95. The molecule has 2 rings (SSSR count). The van der Waals surface area contributed by atoms with Crippen molar-refractivity contribution in [2.24, 2.45) is 0 Å². The van der Waals surface area contributed by atoms with E-state index in [0.29, 0.717) is 17.9 Å². The van der Waals surface area contributed by atoms with Gasteiger partial charge in [0.15, 0.2) is 5.65 Å². The van der Waals surface area contributed by atoms with Crippen molar-refractivity contribution in [3.63, 3.8) is 0 Å². The van der Waals surface area contributed by atoms with Gasteiger partial charge in [0.25, 0.3) is 0 Å². The van der Waals surface area contributed by atoms with Gasteiger partial charge >= 0.3 is 0 Å². The highest BCUT2D eigenvalue weighted by atomic mass is 15.2. The number of aromatic nitrogens is 4. The SMILES string of the molecule is N#CCc1nc2[nH]ncc2[nH]1. The number of rotatable bonds is 1. The van der Waals surface area contributed by atoms with Crippen LogP contribution < -0.4 is 0 Å². The number of aromatic amines is 2. The first kappa shape index (κ1) is 5.92. The molecule has 0 aliphatic carbocycles. The Hall–Kier alpha value is -1.83. The first-order valence-electron chi connectivity index (χ1n) is 3.15. The Bertz CT molecular complexity index is 375. The Kier molecular flexibility index (Phi) is 1.13. The number of H-pyrrole nitrogens is 2. The van der Waals surface area contributed by atoms with E-state index in [9.17, 15) is 0 Å². The van der Waals surface area contributed by atoms with E-state index in [1.165, 1.54) is 0 Å². The minimum Gasteiger partial charge on any atom is -0.338 e. The molecule has 2 heterocycles. The number of nitriles is 1. The third kappa shape index (κ3) is 0.846. The molecule has 0 aliphatic rings. The maximum absolute atomic E-state index is 8.35. The average Bonchev–Trinajstić information content (AvgIpc) is 2.46. The molecule has 0 saturated heterocycles. The molecule has 0 radical (unpaired) electrons. The number of imidazole rings is 1. The first-order chi connectivity index (χ1) is 5.40. The van der Waals surface area contributed by atoms with Crippen LogP contribution in [0.3, 0.4) is 0 Å². The van der Waals surface area contributed by atoms with Crippen LogP contribution in [0, 0.1) is 11.3 Å². The Balaban J connectivity index is 2.52. The molecule has 0 spiro atoms. The van der Waals surface area contributed by atoms with Crippen LogP contribution in [-0.2, 0) is 6.42 Å². The number of hydrogen-bond acceptors (Lipinski definition) is 3. The summed E-state index contributed by atoms with van der Waals surface area (Å²) < 4.78 is 0. The fraction of sp³-hybridized carbons (Fsp3) is 0.167. The number of nitrogens with one attached hydrogen (secondary N) is 2. The van der Waals surface area contributed by atoms with Gasteiger partial charge < -0.3 is 4.98 Å². The standard InChI is InChI=1S/C6H5N5/c7-2-1-5-9-4-3-8-11-6(4)10-5/h3H,1H2,(H2,8,9,10,11). The maximum atomic E-state index is 8.35. The van der Waals surface area contributed by atoms with Crippen LogP contribution in [0.25, 0.3) is 11.2 Å². The van der Waals surface area contributed by atoms with Crippen molar-refractivity contribution < 1.29 is 0 Å². The number of nitrogens with zero attached hydrogens (tertiary/aromatic N) is 3. The van der Waals surface area contributed by atoms with Gasteiger partial charge in [0.05, 0.1) is 18.7 Å². The van der Waals surface area contributed by atoms with E-state index in [4.69, 9.17) is 5.26 Å². The minimum absolute atomic E-state index is 0.308. The van der Waals surface area contributed by atoms with Gasteiger partial charge in [0.1, 0.15) is 11.3 Å². The number of hydrogen-bond donors (Lipinski definition) is 2. The monoisotopic (exact) mass is 147 g/mol. The van der Waals surface area contributed by atoms with Crippen LogP contribution in [0.15, 0.2) is 6.20 Å². The molecular weight excluding hydrogens is 142 g/mol. The molecule has 2 aromatic heterocycles. The predicted molar refractivity (Wildman–Crippen MR) is 37.6 cm³/mol. The van der Waals surface area contributed by atoms with Crippen molar-refractivity contribution in [1.82, 2.24) is 20.2 Å². The zero-order chi connectivity index (χ0) is 7.68. The molecule has 5 nitrogen and oxygen atoms in total. The quantitative estimate of drug-likeness (QED) is 0.610. The largest absolute Gasteiger partial charge is 0.338 e. The third-order valence-corrected chi connectivity index (χ3v) is 1.39. The Morgan fingerprint density at radius 2 is 2.55 bits per heavy atom. The Morgan fingerprint density at radius 1 is 1.64 bits per heavy atom. The molecule has 0 fully saturated rings. The zero-order valence-electron chi connectivity index (χ0n) is 5.63. The molecule has 11 heavy (non-hydrogen) atoms. The van der Waals surface area contributed by atoms with E-state index in [-0.39, 0.29) is 0 Å². The first-order valence-corrected chi connectivity index (χ1v) is 3.15. The van der Waals surface area contributed by atoms with Crippen molar-refractivity contribution in [1.29, 1.82) is 5.26 Å². The van der Waals surface area contributed by atoms with Gasteiger partial charge in [-0.05, 0) is 0 Å². The summed E-state index contributed by atoms with van der Waals surface area (Å²) in [7, 11) is 0. The van der Waals surface area contributed by atoms with Crippen LogP contribution >= 0.6 is 0 Å². The fourth-order valence-electron chi connectivity index (χ4n) is 0.933. The predicted octanol–water partition coefficient (Wildman–Crippen LogP) is 0.352. The molecule has 0 bridgehead atoms. The highest BCUT2D eigenvalue weighted by molar-refractivity contribution is 5.69. The average molecular weight is 147 g/mol. The van der Waals surface area contributed by atoms with Crippen LogP contribution in [0.1, 0.15) is 5.82 Å². The van der Waals surface area contributed by atoms with Crippen molar-refractivity contribution in [3.05, 3.63) is 12.0 Å². The summed E-state index contributed by atoms with van der Waals surface area (Å²) in [5.74, 6) is 0.677. The molecule has 0 unspecified atom stereocenters. The summed E-state index contributed by atoms with van der Waals surface area (Å²) in [5.41, 5.74) is 1.55. The van der Waals surface area contributed by atoms with Crippen molar-refractivity contribution in [2.45, 2.75) is 6.42 Å². The van der Waals surface area contributed by atoms with Crippen molar-refractivity contribution in [3.8, 4) is 6.07 Å². The molecule has 0 aromatic carbocycles. The molecule has 2 aromatic rings. The number of fused-ring (bicyclic) bond motifs is 1. The second-order valence-electron chi connectivity index (χ2n) is 2.15. The van der Waals surface area contributed by atoms with Gasteiger partial charge in [-0.25, -0.2) is 4.98 Å². The summed E-state index contributed by atoms with van der Waals surface area (Å²) in [6, 6.07) is 2.01. The minimum atomic E-state index is 0.308. The lowest BCUT2D eigenvalue weighted by atomic mass is 10.5. The van der Waals surface area contributed by atoms with E-state index < -0.39 is 0 Å². The van der Waals surface area contributed by atoms with E-state index >= 15 is 0 Å². The van der Waals surface area contributed by atoms with Crippen LogP contribution in [-0.4, -0.2) is 20.2 Å². The smallest absolute Gasteiger partial charge is 0.173 e. The van der Waals surface area contributed by atoms with E-state index in [2.05, 4.69) is 20.2 Å². The van der Waals surface area contributed by atoms with E-state index in [0.717, 1.165) is 5.52 Å². The third-order valence-electron chi connectivity index (χ3n) is 1.39. The topological polar surface area (TPSA) is 81.2 Å². The summed E-state index contributed by atoms with van der Waals surface area (Å²) in [6.45, 7) is 0. The Labute approximate surface area is 62.1 Å². The summed E-state index contributed by atoms with van der Waals surface area (Å²) in [5, 5.41) is 14.8. The van der Waals surface area contributed by atoms with E-state index in [1.54, 1.807) is 6.20 Å². The molecule has 54 valence electrons. The van der Waals surface area contributed by atoms with Gasteiger partial charge in [-0.3, -0.25) is 5.10 Å². The lowest BCUT2D eigenvalue weighted by molar-refractivity contribution is 1.03. The molecular formula is C6H5N5. The van der Waals surface area contributed by atoms with Gasteiger partial charge in [0, 0.05) is 0 Å². The maximum Gasteiger partial charge on any atom is 0.173 e. The molecule has 0 saturated carbocycles. The van der Waals surface area contributed by atoms with Crippen LogP contribution in [0.4, 0.5) is 0 Å². The van der Waals surface area contributed by atoms with Gasteiger partial charge in [0.2, 0.25) is 0 Å². The van der Waals surface area contributed by atoms with Crippen LogP contribution in [0.2, 0.25) is 0 Å². The lowest BCUT2D eigenvalue weighted by Crippen LogP contribution is -1.83. The molecule has 2 N–H and O–H groups in total. The lowest BCUT2D eigenvalue weighted by Gasteiger charge is -1.79. The summed E-state index contributed by atoms with van der Waals surface area (Å²) in [4.78, 5) is 7.02. The summed E-state index contributed by atoms with van der Waals surface area (Å²) >= 11 is 0. The van der Waals surface area contributed by atoms with Crippen LogP contribution in [0.5, 0.6) is 0 Å². The van der Waals surface area contributed by atoms with Crippen molar-refractivity contribution in [2.75, 3.05) is 0 Å². The molecule has 0 amide bonds. The van der Waals surface area contributed by atoms with Crippen molar-refractivity contribution >= 4 is 11.2 Å². The fourth-order valence-corrected chi connectivity index (χ4v) is 0.933. The molecule has 5 heteroatoms. The molecule has 0 atom stereocenters. The van der Waals surface area contributed by atoms with Gasteiger partial charge in [-0.1, -0.05) is 0 Å². The highest BCUT2D eigenvalue weighted by Crippen LogP contribution is 2.05. The zero-order valence-corrected chi connectivity index (χ0v) is 5.63. The van der Waals surface area contributed by atoms with Gasteiger partial charge in [-0.15, -0.1) is 0 Å². The Morgan fingerprint density at radius 3 is 3.27 bits per heavy atom. The molecule has 0 aliphatic heterocycles. The second kappa shape index (κ2) is 2.09. The normalized spacial score (nSPS) is 10.1. The second-order valence-corrected chi connectivity index (χ2v) is 2.15. The van der Waals surface area contributed by atoms with E-state index in [1.807, 2.05) is 6.07 Å². The van der Waals surface area contributed by atoms with Gasteiger partial charge in [-0.2, -0.15) is 10.4 Å².